The minimum Gasteiger partial charge on any atom is -0.497 e. The van der Waals surface area contributed by atoms with Gasteiger partial charge in [0.05, 0.1) is 18.4 Å². The summed E-state index contributed by atoms with van der Waals surface area (Å²) in [6, 6.07) is 7.56. The van der Waals surface area contributed by atoms with Gasteiger partial charge in [0.1, 0.15) is 11.4 Å². The van der Waals surface area contributed by atoms with Crippen LogP contribution < -0.4 is 10.1 Å². The summed E-state index contributed by atoms with van der Waals surface area (Å²) in [4.78, 5) is 16.1. The Balaban J connectivity index is 1.77. The number of aryl methyl sites for hydroxylation is 2. The molecule has 0 saturated heterocycles. The minimum absolute atomic E-state index is 0.0411. The van der Waals surface area contributed by atoms with Crippen molar-refractivity contribution in [1.82, 2.24) is 14.9 Å². The maximum absolute atomic E-state index is 12.8. The van der Waals surface area contributed by atoms with E-state index in [1.165, 1.54) is 6.92 Å². The summed E-state index contributed by atoms with van der Waals surface area (Å²) in [5, 5.41) is 3.87. The summed E-state index contributed by atoms with van der Waals surface area (Å²) in [7, 11) is 3.55. The van der Waals surface area contributed by atoms with Crippen LogP contribution in [0.2, 0.25) is 0 Å². The van der Waals surface area contributed by atoms with E-state index >= 15 is 0 Å². The number of fused-ring (bicyclic) bond motifs is 1. The number of carbonyl (C=O) groups excluding carboxylic acids is 1. The van der Waals surface area contributed by atoms with Crippen LogP contribution in [0, 0.1) is 6.92 Å². The second kappa shape index (κ2) is 7.77. The van der Waals surface area contributed by atoms with Gasteiger partial charge in [-0.1, -0.05) is 0 Å². The standard InChI is InChI=1S/C21H22F3N3O2/c1-12(9-14-11-27(3)18-7-5-15(29-4)10-17(14)18)25-20(28)16-6-8-19(21(22,23)24)26-13(16)2/h5-8,10-12H,9H2,1-4H3,(H,25,28)/t12-/m1/s1. The van der Waals surface area contributed by atoms with E-state index in [4.69, 9.17) is 4.74 Å². The van der Waals surface area contributed by atoms with Gasteiger partial charge in [-0.25, -0.2) is 4.98 Å². The van der Waals surface area contributed by atoms with Crippen molar-refractivity contribution in [2.75, 3.05) is 7.11 Å². The Morgan fingerprint density at radius 1 is 1.28 bits per heavy atom. The van der Waals surface area contributed by atoms with Crippen LogP contribution in [0.25, 0.3) is 10.9 Å². The number of pyridine rings is 1. The van der Waals surface area contributed by atoms with Crippen LogP contribution in [0.1, 0.15) is 34.2 Å². The lowest BCUT2D eigenvalue weighted by Gasteiger charge is -2.15. The predicted octanol–water partition coefficient (Wildman–Crippen LogP) is 4.27. The van der Waals surface area contributed by atoms with Crippen LogP contribution in [-0.4, -0.2) is 28.6 Å². The molecule has 3 aromatic rings. The number of hydrogen-bond donors (Lipinski definition) is 1. The number of hydrogen-bond acceptors (Lipinski definition) is 3. The van der Waals surface area contributed by atoms with E-state index in [0.29, 0.717) is 6.42 Å². The third kappa shape index (κ3) is 4.36. The van der Waals surface area contributed by atoms with E-state index < -0.39 is 17.8 Å². The average Bonchev–Trinajstić information content (AvgIpc) is 2.95. The van der Waals surface area contributed by atoms with Crippen LogP contribution in [0.3, 0.4) is 0 Å². The predicted molar refractivity (Wildman–Crippen MR) is 104 cm³/mol. The van der Waals surface area contributed by atoms with Crippen molar-refractivity contribution in [2.45, 2.75) is 32.5 Å². The molecule has 29 heavy (non-hydrogen) atoms. The largest absolute Gasteiger partial charge is 0.497 e. The molecule has 154 valence electrons. The van der Waals surface area contributed by atoms with Gasteiger partial charge >= 0.3 is 6.18 Å². The second-order valence-corrected chi connectivity index (χ2v) is 7.05. The number of carbonyl (C=O) groups is 1. The zero-order valence-electron chi connectivity index (χ0n) is 16.6. The first-order chi connectivity index (χ1) is 13.6. The first-order valence-electron chi connectivity index (χ1n) is 9.07. The number of benzene rings is 1. The van der Waals surface area contributed by atoms with Crippen molar-refractivity contribution in [3.63, 3.8) is 0 Å². The highest BCUT2D eigenvalue weighted by Gasteiger charge is 2.33. The fraction of sp³-hybridized carbons (Fsp3) is 0.333. The molecule has 0 bridgehead atoms. The molecular weight excluding hydrogens is 383 g/mol. The molecule has 1 atom stereocenters. The SMILES string of the molecule is COc1ccc2c(c1)c(C[C@@H](C)NC(=O)c1ccc(C(F)(F)F)nc1C)cn2C. The minimum atomic E-state index is -4.54. The summed E-state index contributed by atoms with van der Waals surface area (Å²) >= 11 is 0. The molecule has 0 aliphatic heterocycles. The number of nitrogens with one attached hydrogen (secondary N) is 1. The van der Waals surface area contributed by atoms with Gasteiger partial charge in [0, 0.05) is 30.2 Å². The van der Waals surface area contributed by atoms with Crippen LogP contribution in [0.4, 0.5) is 13.2 Å². The molecule has 1 N–H and O–H groups in total. The van der Waals surface area contributed by atoms with Crippen LogP contribution in [0.15, 0.2) is 36.5 Å². The number of aromatic nitrogens is 2. The number of amides is 1. The lowest BCUT2D eigenvalue weighted by molar-refractivity contribution is -0.141. The Morgan fingerprint density at radius 2 is 2.00 bits per heavy atom. The smallest absolute Gasteiger partial charge is 0.433 e. The zero-order valence-corrected chi connectivity index (χ0v) is 16.6. The van der Waals surface area contributed by atoms with Gasteiger partial charge < -0.3 is 14.6 Å². The Hall–Kier alpha value is -3.03. The Morgan fingerprint density at radius 3 is 2.62 bits per heavy atom. The Kier molecular flexibility index (Phi) is 5.55. The molecule has 2 heterocycles. The van der Waals surface area contributed by atoms with Gasteiger partial charge in [0.15, 0.2) is 0 Å². The molecule has 0 aliphatic carbocycles. The van der Waals surface area contributed by atoms with Crippen molar-refractivity contribution in [3.8, 4) is 5.75 Å². The molecule has 1 aromatic carbocycles. The summed E-state index contributed by atoms with van der Waals surface area (Å²) < 4.78 is 45.6. The first kappa shape index (κ1) is 20.7. The van der Waals surface area contributed by atoms with E-state index in [2.05, 4.69) is 10.3 Å². The van der Waals surface area contributed by atoms with Crippen LogP contribution in [0.5, 0.6) is 5.75 Å². The molecule has 0 aliphatic rings. The zero-order chi connectivity index (χ0) is 21.3. The van der Waals surface area contributed by atoms with E-state index in [1.54, 1.807) is 7.11 Å². The van der Waals surface area contributed by atoms with E-state index in [-0.39, 0.29) is 17.3 Å². The Labute approximate surface area is 166 Å². The van der Waals surface area contributed by atoms with Gasteiger partial charge in [-0.3, -0.25) is 4.79 Å². The van der Waals surface area contributed by atoms with Crippen molar-refractivity contribution in [3.05, 3.63) is 59.0 Å². The maximum Gasteiger partial charge on any atom is 0.433 e. The fourth-order valence-corrected chi connectivity index (χ4v) is 3.38. The Bertz CT molecular complexity index is 1060. The number of nitrogens with zero attached hydrogens (tertiary/aromatic N) is 2. The van der Waals surface area contributed by atoms with Gasteiger partial charge in [-0.15, -0.1) is 0 Å². The van der Waals surface area contributed by atoms with E-state index in [9.17, 15) is 18.0 Å². The van der Waals surface area contributed by atoms with Crippen molar-refractivity contribution in [2.24, 2.45) is 7.05 Å². The number of rotatable bonds is 5. The van der Waals surface area contributed by atoms with Crippen molar-refractivity contribution in [1.29, 1.82) is 0 Å². The first-order valence-corrected chi connectivity index (χ1v) is 9.07. The highest BCUT2D eigenvalue weighted by atomic mass is 19.4. The molecule has 0 unspecified atom stereocenters. The summed E-state index contributed by atoms with van der Waals surface area (Å²) in [6.07, 6.45) is -1.98. The topological polar surface area (TPSA) is 56.1 Å². The summed E-state index contributed by atoms with van der Waals surface area (Å²) in [5.41, 5.74) is 1.24. The number of methoxy groups -OCH3 is 1. The van der Waals surface area contributed by atoms with Gasteiger partial charge in [-0.2, -0.15) is 13.2 Å². The lowest BCUT2D eigenvalue weighted by Crippen LogP contribution is -2.34. The average molecular weight is 405 g/mol. The van der Waals surface area contributed by atoms with Crippen molar-refractivity contribution >= 4 is 16.8 Å². The maximum atomic E-state index is 12.8. The molecular formula is C21H22F3N3O2. The molecule has 0 spiro atoms. The van der Waals surface area contributed by atoms with Gasteiger partial charge in [0.2, 0.25) is 0 Å². The number of halogens is 3. The highest BCUT2D eigenvalue weighted by Crippen LogP contribution is 2.28. The van der Waals surface area contributed by atoms with Crippen LogP contribution in [-0.2, 0) is 19.6 Å². The van der Waals surface area contributed by atoms with Gasteiger partial charge in [0.25, 0.3) is 5.91 Å². The highest BCUT2D eigenvalue weighted by molar-refractivity contribution is 5.95. The molecule has 3 rings (SSSR count). The molecule has 1 amide bonds. The molecule has 0 saturated carbocycles. The fourth-order valence-electron chi connectivity index (χ4n) is 3.38. The third-order valence-corrected chi connectivity index (χ3v) is 4.80. The van der Waals surface area contributed by atoms with E-state index in [0.717, 1.165) is 34.3 Å². The lowest BCUT2D eigenvalue weighted by atomic mass is 10.0. The number of alkyl halides is 3. The second-order valence-electron chi connectivity index (χ2n) is 7.05. The molecule has 0 fully saturated rings. The van der Waals surface area contributed by atoms with Crippen molar-refractivity contribution < 1.29 is 22.7 Å². The molecule has 8 heteroatoms. The normalized spacial score (nSPS) is 12.8. The quantitative estimate of drug-likeness (QED) is 0.690. The van der Waals surface area contributed by atoms with Crippen LogP contribution >= 0.6 is 0 Å². The molecule has 0 radical (unpaired) electrons. The molecule has 5 nitrogen and oxygen atoms in total. The van der Waals surface area contributed by atoms with Gasteiger partial charge in [-0.05, 0) is 56.2 Å². The summed E-state index contributed by atoms with van der Waals surface area (Å²) in [6.45, 7) is 3.25. The molecule has 2 aromatic heterocycles. The number of ether oxygens (including phenoxy) is 1. The monoisotopic (exact) mass is 405 g/mol. The van der Waals surface area contributed by atoms with E-state index in [1.807, 2.05) is 42.9 Å². The summed E-state index contributed by atoms with van der Waals surface area (Å²) in [5.74, 6) is 0.294. The third-order valence-electron chi connectivity index (χ3n) is 4.80.